The summed E-state index contributed by atoms with van der Waals surface area (Å²) in [6, 6.07) is 14.7. The predicted octanol–water partition coefficient (Wildman–Crippen LogP) is 2.75. The molecule has 0 spiro atoms. The van der Waals surface area contributed by atoms with Gasteiger partial charge >= 0.3 is 0 Å². The van der Waals surface area contributed by atoms with Crippen molar-refractivity contribution in [3.05, 3.63) is 53.6 Å². The second-order valence-corrected chi connectivity index (χ2v) is 4.29. The van der Waals surface area contributed by atoms with E-state index in [0.717, 1.165) is 24.3 Å². The number of hydrogen-bond donors (Lipinski definition) is 1. The van der Waals surface area contributed by atoms with Crippen LogP contribution in [0.5, 0.6) is 5.75 Å². The van der Waals surface area contributed by atoms with E-state index >= 15 is 0 Å². The molecule has 0 saturated heterocycles. The fraction of sp³-hybridized carbons (Fsp3) is 0.200. The van der Waals surface area contributed by atoms with Crippen molar-refractivity contribution in [2.75, 3.05) is 6.61 Å². The number of benzene rings is 2. The van der Waals surface area contributed by atoms with Crippen LogP contribution in [-0.4, -0.2) is 6.61 Å². The summed E-state index contributed by atoms with van der Waals surface area (Å²) in [6.07, 6.45) is 0.989. The summed E-state index contributed by atoms with van der Waals surface area (Å²) in [5, 5.41) is 0. The van der Waals surface area contributed by atoms with Gasteiger partial charge < -0.3 is 10.5 Å². The molecule has 1 heterocycles. The lowest BCUT2D eigenvalue weighted by Gasteiger charge is -2.09. The van der Waals surface area contributed by atoms with Crippen molar-refractivity contribution >= 4 is 0 Å². The van der Waals surface area contributed by atoms with E-state index in [4.69, 9.17) is 10.5 Å². The number of ether oxygens (including phenoxy) is 1. The molecule has 2 N–H and O–H groups in total. The van der Waals surface area contributed by atoms with Gasteiger partial charge in [-0.15, -0.1) is 0 Å². The molecule has 2 aromatic carbocycles. The van der Waals surface area contributed by atoms with Crippen LogP contribution < -0.4 is 10.5 Å². The standard InChI is InChI=1S/C15H15NO/c16-10-14-9-13(11-4-2-1-3-5-11)8-12-6-7-17-15(12)14/h1-5,8-9H,6-7,10,16H2. The van der Waals surface area contributed by atoms with Crippen LogP contribution in [0.1, 0.15) is 11.1 Å². The molecule has 0 radical (unpaired) electrons. The summed E-state index contributed by atoms with van der Waals surface area (Å²) in [6.45, 7) is 1.31. The molecule has 1 aliphatic heterocycles. The Labute approximate surface area is 101 Å². The van der Waals surface area contributed by atoms with E-state index in [0.29, 0.717) is 6.54 Å². The lowest BCUT2D eigenvalue weighted by molar-refractivity contribution is 0.353. The Kier molecular flexibility index (Phi) is 2.57. The topological polar surface area (TPSA) is 35.2 Å². The van der Waals surface area contributed by atoms with Crippen LogP contribution in [0.2, 0.25) is 0 Å². The van der Waals surface area contributed by atoms with E-state index < -0.39 is 0 Å². The Hall–Kier alpha value is -1.80. The summed E-state index contributed by atoms with van der Waals surface area (Å²) in [5.41, 5.74) is 10.6. The molecule has 86 valence electrons. The SMILES string of the molecule is NCc1cc(-c2ccccc2)cc2c1OCC2. The number of hydrogen-bond acceptors (Lipinski definition) is 2. The van der Waals surface area contributed by atoms with Crippen LogP contribution in [0.3, 0.4) is 0 Å². The van der Waals surface area contributed by atoms with Crippen molar-refractivity contribution in [3.8, 4) is 16.9 Å². The lowest BCUT2D eigenvalue weighted by atomic mass is 9.98. The van der Waals surface area contributed by atoms with Crippen molar-refractivity contribution in [1.29, 1.82) is 0 Å². The molecule has 2 heteroatoms. The predicted molar refractivity (Wildman–Crippen MR) is 69.0 cm³/mol. The van der Waals surface area contributed by atoms with Gasteiger partial charge in [-0.3, -0.25) is 0 Å². The van der Waals surface area contributed by atoms with Crippen molar-refractivity contribution < 1.29 is 4.74 Å². The zero-order valence-electron chi connectivity index (χ0n) is 9.65. The summed E-state index contributed by atoms with van der Waals surface area (Å²) in [7, 11) is 0. The summed E-state index contributed by atoms with van der Waals surface area (Å²) >= 11 is 0. The van der Waals surface area contributed by atoms with Gasteiger partial charge in [-0.05, 0) is 28.8 Å². The zero-order chi connectivity index (χ0) is 11.7. The Balaban J connectivity index is 2.13. The highest BCUT2D eigenvalue weighted by atomic mass is 16.5. The van der Waals surface area contributed by atoms with Crippen LogP contribution in [0, 0.1) is 0 Å². The van der Waals surface area contributed by atoms with Crippen molar-refractivity contribution in [2.45, 2.75) is 13.0 Å². The monoisotopic (exact) mass is 225 g/mol. The first-order valence-electron chi connectivity index (χ1n) is 5.92. The number of rotatable bonds is 2. The van der Waals surface area contributed by atoms with Gasteiger partial charge in [0, 0.05) is 18.5 Å². The Morgan fingerprint density at radius 2 is 1.88 bits per heavy atom. The van der Waals surface area contributed by atoms with E-state index in [9.17, 15) is 0 Å². The molecular formula is C15H15NO. The molecule has 17 heavy (non-hydrogen) atoms. The van der Waals surface area contributed by atoms with Crippen molar-refractivity contribution in [2.24, 2.45) is 5.73 Å². The van der Waals surface area contributed by atoms with E-state index in [-0.39, 0.29) is 0 Å². The van der Waals surface area contributed by atoms with E-state index in [1.165, 1.54) is 16.7 Å². The minimum absolute atomic E-state index is 0.531. The Morgan fingerprint density at radius 1 is 1.06 bits per heavy atom. The van der Waals surface area contributed by atoms with E-state index in [1.54, 1.807) is 0 Å². The zero-order valence-corrected chi connectivity index (χ0v) is 9.65. The van der Waals surface area contributed by atoms with Crippen LogP contribution in [0.15, 0.2) is 42.5 Å². The van der Waals surface area contributed by atoms with Gasteiger partial charge in [-0.2, -0.15) is 0 Å². The average Bonchev–Trinajstić information content (AvgIpc) is 2.86. The fourth-order valence-corrected chi connectivity index (χ4v) is 2.34. The lowest BCUT2D eigenvalue weighted by Crippen LogP contribution is -2.00. The first-order chi connectivity index (χ1) is 8.38. The molecule has 0 aromatic heterocycles. The minimum Gasteiger partial charge on any atom is -0.493 e. The third-order valence-electron chi connectivity index (χ3n) is 3.19. The maximum atomic E-state index is 5.79. The number of nitrogens with two attached hydrogens (primary N) is 1. The van der Waals surface area contributed by atoms with Crippen molar-refractivity contribution in [1.82, 2.24) is 0 Å². The highest BCUT2D eigenvalue weighted by Gasteiger charge is 2.17. The first kappa shape index (κ1) is 10.4. The van der Waals surface area contributed by atoms with Crippen LogP contribution in [-0.2, 0) is 13.0 Å². The third kappa shape index (κ3) is 1.81. The van der Waals surface area contributed by atoms with Gasteiger partial charge in [0.25, 0.3) is 0 Å². The van der Waals surface area contributed by atoms with Gasteiger partial charge in [0.1, 0.15) is 5.75 Å². The largest absolute Gasteiger partial charge is 0.493 e. The maximum Gasteiger partial charge on any atom is 0.127 e. The second-order valence-electron chi connectivity index (χ2n) is 4.29. The first-order valence-corrected chi connectivity index (χ1v) is 5.92. The highest BCUT2D eigenvalue weighted by molar-refractivity contribution is 5.68. The molecule has 0 bridgehead atoms. The van der Waals surface area contributed by atoms with E-state index in [2.05, 4.69) is 36.4 Å². The van der Waals surface area contributed by atoms with Gasteiger partial charge in [-0.1, -0.05) is 30.3 Å². The normalized spacial score (nSPS) is 13.2. The molecule has 0 fully saturated rings. The molecule has 2 nitrogen and oxygen atoms in total. The highest BCUT2D eigenvalue weighted by Crippen LogP contribution is 2.34. The molecular weight excluding hydrogens is 210 g/mol. The molecule has 1 aliphatic rings. The summed E-state index contributed by atoms with van der Waals surface area (Å²) in [4.78, 5) is 0. The average molecular weight is 225 g/mol. The maximum absolute atomic E-state index is 5.79. The third-order valence-corrected chi connectivity index (χ3v) is 3.19. The van der Waals surface area contributed by atoms with Gasteiger partial charge in [-0.25, -0.2) is 0 Å². The van der Waals surface area contributed by atoms with E-state index in [1.807, 2.05) is 6.07 Å². The van der Waals surface area contributed by atoms with Crippen LogP contribution >= 0.6 is 0 Å². The molecule has 2 aromatic rings. The Morgan fingerprint density at radius 3 is 2.65 bits per heavy atom. The summed E-state index contributed by atoms with van der Waals surface area (Å²) < 4.78 is 5.63. The molecule has 3 rings (SSSR count). The molecule has 0 amide bonds. The Bertz CT molecular complexity index is 534. The second kappa shape index (κ2) is 4.22. The minimum atomic E-state index is 0.531. The molecule has 0 aliphatic carbocycles. The molecule has 0 atom stereocenters. The van der Waals surface area contributed by atoms with Crippen LogP contribution in [0.4, 0.5) is 0 Å². The van der Waals surface area contributed by atoms with Crippen molar-refractivity contribution in [3.63, 3.8) is 0 Å². The van der Waals surface area contributed by atoms with Gasteiger partial charge in [0.05, 0.1) is 6.61 Å². The molecule has 0 saturated carbocycles. The quantitative estimate of drug-likeness (QED) is 0.853. The summed E-state index contributed by atoms with van der Waals surface area (Å²) in [5.74, 6) is 1.01. The smallest absolute Gasteiger partial charge is 0.127 e. The van der Waals surface area contributed by atoms with Crippen LogP contribution in [0.25, 0.3) is 11.1 Å². The molecule has 0 unspecified atom stereocenters. The van der Waals surface area contributed by atoms with Gasteiger partial charge in [0.15, 0.2) is 0 Å². The van der Waals surface area contributed by atoms with Gasteiger partial charge in [0.2, 0.25) is 0 Å². The fourth-order valence-electron chi connectivity index (χ4n) is 2.34. The number of fused-ring (bicyclic) bond motifs is 1.